The van der Waals surface area contributed by atoms with Gasteiger partial charge in [-0.05, 0) is 37.5 Å². The summed E-state index contributed by atoms with van der Waals surface area (Å²) in [5.74, 6) is -0.244. The maximum atomic E-state index is 13.9. The Morgan fingerprint density at radius 3 is 3.06 bits per heavy atom. The molecule has 1 heterocycles. The quantitative estimate of drug-likeness (QED) is 0.837. The Kier molecular flexibility index (Phi) is 4.42. The van der Waals surface area contributed by atoms with E-state index in [-0.39, 0.29) is 11.9 Å². The molecule has 2 N–H and O–H groups in total. The highest BCUT2D eigenvalue weighted by Gasteiger charge is 2.22. The molecule has 18 heavy (non-hydrogen) atoms. The molecule has 0 amide bonds. The summed E-state index contributed by atoms with van der Waals surface area (Å²) < 4.78 is 19.6. The third-order valence-electron chi connectivity index (χ3n) is 3.25. The first kappa shape index (κ1) is 13.1. The predicted molar refractivity (Wildman–Crippen MR) is 72.3 cm³/mol. The molecular weight excluding hydrogens is 231 g/mol. The van der Waals surface area contributed by atoms with Crippen molar-refractivity contribution >= 4 is 11.4 Å². The molecule has 1 atom stereocenters. The van der Waals surface area contributed by atoms with Crippen molar-refractivity contribution in [3.8, 4) is 0 Å². The molecule has 1 aromatic carbocycles. The van der Waals surface area contributed by atoms with Crippen molar-refractivity contribution in [1.82, 2.24) is 0 Å². The standard InChI is InChI=1S/C14H21FN2O/c1-2-8-18-12-4-3-7-17(10-12)14-6-5-11(16)9-13(14)15/h5-6,9,12H,2-4,7-8,10,16H2,1H3. The highest BCUT2D eigenvalue weighted by molar-refractivity contribution is 5.54. The van der Waals surface area contributed by atoms with Gasteiger partial charge in [0.05, 0.1) is 11.8 Å². The molecule has 1 aliphatic rings. The Hall–Kier alpha value is -1.29. The van der Waals surface area contributed by atoms with Gasteiger partial charge in [0.2, 0.25) is 0 Å². The van der Waals surface area contributed by atoms with Gasteiger partial charge in [-0.3, -0.25) is 0 Å². The van der Waals surface area contributed by atoms with Crippen LogP contribution in [0.1, 0.15) is 26.2 Å². The molecule has 1 saturated heterocycles. The van der Waals surface area contributed by atoms with Crippen molar-refractivity contribution in [3.05, 3.63) is 24.0 Å². The Labute approximate surface area is 108 Å². The van der Waals surface area contributed by atoms with Crippen LogP contribution in [0.4, 0.5) is 15.8 Å². The van der Waals surface area contributed by atoms with Crippen LogP contribution in [0, 0.1) is 5.82 Å². The Morgan fingerprint density at radius 1 is 1.50 bits per heavy atom. The number of hydrogen-bond donors (Lipinski definition) is 1. The van der Waals surface area contributed by atoms with E-state index in [1.165, 1.54) is 6.07 Å². The molecule has 1 aromatic rings. The maximum absolute atomic E-state index is 13.9. The minimum absolute atomic E-state index is 0.218. The van der Waals surface area contributed by atoms with E-state index in [1.54, 1.807) is 12.1 Å². The zero-order valence-corrected chi connectivity index (χ0v) is 10.9. The number of rotatable bonds is 4. The monoisotopic (exact) mass is 252 g/mol. The fourth-order valence-electron chi connectivity index (χ4n) is 2.36. The van der Waals surface area contributed by atoms with Crippen molar-refractivity contribution in [2.75, 3.05) is 30.3 Å². The molecular formula is C14H21FN2O. The average molecular weight is 252 g/mol. The Balaban J connectivity index is 2.03. The van der Waals surface area contributed by atoms with E-state index in [0.717, 1.165) is 39.0 Å². The minimum Gasteiger partial charge on any atom is -0.399 e. The van der Waals surface area contributed by atoms with Gasteiger partial charge in [-0.15, -0.1) is 0 Å². The molecule has 0 saturated carbocycles. The molecule has 1 aliphatic heterocycles. The molecule has 0 spiro atoms. The summed E-state index contributed by atoms with van der Waals surface area (Å²) in [6.07, 6.45) is 3.34. The molecule has 0 bridgehead atoms. The number of piperidine rings is 1. The van der Waals surface area contributed by atoms with Gasteiger partial charge in [0, 0.05) is 25.4 Å². The van der Waals surface area contributed by atoms with Crippen molar-refractivity contribution in [2.24, 2.45) is 0 Å². The van der Waals surface area contributed by atoms with Gasteiger partial charge < -0.3 is 15.4 Å². The van der Waals surface area contributed by atoms with Crippen LogP contribution in [0.3, 0.4) is 0 Å². The molecule has 0 aromatic heterocycles. The lowest BCUT2D eigenvalue weighted by atomic mass is 10.1. The van der Waals surface area contributed by atoms with Crippen molar-refractivity contribution in [1.29, 1.82) is 0 Å². The number of halogens is 1. The molecule has 3 nitrogen and oxygen atoms in total. The van der Waals surface area contributed by atoms with Crippen LogP contribution < -0.4 is 10.6 Å². The average Bonchev–Trinajstić information content (AvgIpc) is 2.36. The lowest BCUT2D eigenvalue weighted by Gasteiger charge is -2.34. The second kappa shape index (κ2) is 6.05. The molecule has 0 aliphatic carbocycles. The number of hydrogen-bond acceptors (Lipinski definition) is 3. The van der Waals surface area contributed by atoms with Gasteiger partial charge in [0.25, 0.3) is 0 Å². The summed E-state index contributed by atoms with van der Waals surface area (Å²) in [5.41, 5.74) is 6.67. The zero-order chi connectivity index (χ0) is 13.0. The van der Waals surface area contributed by atoms with Crippen LogP contribution in [-0.4, -0.2) is 25.8 Å². The molecule has 2 rings (SSSR count). The summed E-state index contributed by atoms with van der Waals surface area (Å²) >= 11 is 0. The van der Waals surface area contributed by atoms with E-state index in [9.17, 15) is 4.39 Å². The predicted octanol–water partition coefficient (Wildman–Crippen LogP) is 2.80. The summed E-state index contributed by atoms with van der Waals surface area (Å²) in [6.45, 7) is 4.52. The highest BCUT2D eigenvalue weighted by atomic mass is 19.1. The van der Waals surface area contributed by atoms with Crippen LogP contribution in [-0.2, 0) is 4.74 Å². The van der Waals surface area contributed by atoms with Gasteiger partial charge in [-0.1, -0.05) is 6.92 Å². The minimum atomic E-state index is -0.244. The number of nitrogens with zero attached hydrogens (tertiary/aromatic N) is 1. The number of nitrogen functional groups attached to an aromatic ring is 1. The SMILES string of the molecule is CCCOC1CCCN(c2ccc(N)cc2F)C1. The fraction of sp³-hybridized carbons (Fsp3) is 0.571. The van der Waals surface area contributed by atoms with E-state index in [1.807, 2.05) is 0 Å². The van der Waals surface area contributed by atoms with Crippen molar-refractivity contribution < 1.29 is 9.13 Å². The third-order valence-corrected chi connectivity index (χ3v) is 3.25. The van der Waals surface area contributed by atoms with E-state index < -0.39 is 0 Å². The third kappa shape index (κ3) is 3.13. The van der Waals surface area contributed by atoms with E-state index in [0.29, 0.717) is 11.4 Å². The first-order valence-electron chi connectivity index (χ1n) is 6.62. The normalized spacial score (nSPS) is 20.1. The largest absolute Gasteiger partial charge is 0.399 e. The van der Waals surface area contributed by atoms with Crippen LogP contribution in [0.2, 0.25) is 0 Å². The molecule has 100 valence electrons. The van der Waals surface area contributed by atoms with Crippen LogP contribution in [0.15, 0.2) is 18.2 Å². The summed E-state index contributed by atoms with van der Waals surface area (Å²) in [5, 5.41) is 0. The van der Waals surface area contributed by atoms with Crippen LogP contribution in [0.5, 0.6) is 0 Å². The summed E-state index contributed by atoms with van der Waals surface area (Å²) in [6, 6.07) is 4.88. The molecule has 1 fully saturated rings. The van der Waals surface area contributed by atoms with Gasteiger partial charge >= 0.3 is 0 Å². The summed E-state index contributed by atoms with van der Waals surface area (Å²) in [7, 11) is 0. The molecule has 4 heteroatoms. The topological polar surface area (TPSA) is 38.5 Å². The fourth-order valence-corrected chi connectivity index (χ4v) is 2.36. The number of nitrogens with two attached hydrogens (primary N) is 1. The van der Waals surface area contributed by atoms with Gasteiger partial charge in [0.1, 0.15) is 5.82 Å². The number of ether oxygens (including phenoxy) is 1. The maximum Gasteiger partial charge on any atom is 0.148 e. The lowest BCUT2D eigenvalue weighted by Crippen LogP contribution is -2.40. The van der Waals surface area contributed by atoms with Gasteiger partial charge in [-0.25, -0.2) is 4.39 Å². The van der Waals surface area contributed by atoms with E-state index >= 15 is 0 Å². The molecule has 0 radical (unpaired) electrons. The molecule has 1 unspecified atom stereocenters. The van der Waals surface area contributed by atoms with E-state index in [2.05, 4.69) is 11.8 Å². The first-order chi connectivity index (χ1) is 8.70. The van der Waals surface area contributed by atoms with Gasteiger partial charge in [0.15, 0.2) is 0 Å². The number of benzene rings is 1. The Bertz CT molecular complexity index is 397. The highest BCUT2D eigenvalue weighted by Crippen LogP contribution is 2.25. The first-order valence-corrected chi connectivity index (χ1v) is 6.62. The van der Waals surface area contributed by atoms with Crippen molar-refractivity contribution in [2.45, 2.75) is 32.3 Å². The number of anilines is 2. The Morgan fingerprint density at radius 2 is 2.33 bits per heavy atom. The second-order valence-electron chi connectivity index (χ2n) is 4.79. The second-order valence-corrected chi connectivity index (χ2v) is 4.79. The van der Waals surface area contributed by atoms with Crippen LogP contribution >= 0.6 is 0 Å². The summed E-state index contributed by atoms with van der Waals surface area (Å²) in [4.78, 5) is 2.05. The van der Waals surface area contributed by atoms with E-state index in [4.69, 9.17) is 10.5 Å². The van der Waals surface area contributed by atoms with Gasteiger partial charge in [-0.2, -0.15) is 0 Å². The smallest absolute Gasteiger partial charge is 0.148 e. The van der Waals surface area contributed by atoms with Crippen molar-refractivity contribution in [3.63, 3.8) is 0 Å². The zero-order valence-electron chi connectivity index (χ0n) is 10.9. The lowest BCUT2D eigenvalue weighted by molar-refractivity contribution is 0.0439. The van der Waals surface area contributed by atoms with Crippen LogP contribution in [0.25, 0.3) is 0 Å².